The van der Waals surface area contributed by atoms with Gasteiger partial charge in [0.15, 0.2) is 0 Å². The second-order valence-electron chi connectivity index (χ2n) is 9.59. The van der Waals surface area contributed by atoms with Crippen LogP contribution in [0.3, 0.4) is 0 Å². The predicted molar refractivity (Wildman–Crippen MR) is 129 cm³/mol. The van der Waals surface area contributed by atoms with E-state index in [1.165, 1.54) is 0 Å². The zero-order chi connectivity index (χ0) is 23.3. The fourth-order valence-corrected chi connectivity index (χ4v) is 3.87. The highest BCUT2D eigenvalue weighted by Gasteiger charge is 2.23. The second kappa shape index (κ2) is 10.4. The Bertz CT molecular complexity index is 893. The van der Waals surface area contributed by atoms with Crippen molar-refractivity contribution in [1.29, 1.82) is 0 Å². The summed E-state index contributed by atoms with van der Waals surface area (Å²) in [5.74, 6) is 0.554. The van der Waals surface area contributed by atoms with Gasteiger partial charge in [0.2, 0.25) is 0 Å². The normalized spacial score (nSPS) is 13.3. The van der Waals surface area contributed by atoms with Crippen molar-refractivity contribution in [3.63, 3.8) is 0 Å². The molecule has 0 aliphatic rings. The Balaban J connectivity index is 2.42. The van der Waals surface area contributed by atoms with Gasteiger partial charge < -0.3 is 20.1 Å². The van der Waals surface area contributed by atoms with Crippen molar-refractivity contribution in [3.8, 4) is 5.75 Å². The standard InChI is InChI=1S/C27H38O4/c1-17-12-24(23(14-28)15-29)25(27(5,6)7)13-22(17)9-8-21-10-18(2)26(19(3)11-21)31-16-20(4)30/h8-13,20,23,28-30H,14-16H2,1-7H3. The molecule has 2 rings (SSSR count). The van der Waals surface area contributed by atoms with Crippen molar-refractivity contribution < 1.29 is 20.1 Å². The monoisotopic (exact) mass is 426 g/mol. The van der Waals surface area contributed by atoms with Crippen LogP contribution in [-0.2, 0) is 5.41 Å². The molecule has 0 amide bonds. The third kappa shape index (κ3) is 6.42. The SMILES string of the molecule is Cc1cc(C(CO)CO)c(C(C)(C)C)cc1C=Cc1cc(C)c(OCC(C)O)c(C)c1. The molecule has 0 aromatic heterocycles. The van der Waals surface area contributed by atoms with Crippen LogP contribution in [0.5, 0.6) is 5.75 Å². The lowest BCUT2D eigenvalue weighted by molar-refractivity contribution is 0.122. The van der Waals surface area contributed by atoms with Gasteiger partial charge in [0, 0.05) is 5.92 Å². The van der Waals surface area contributed by atoms with E-state index in [4.69, 9.17) is 4.74 Å². The fourth-order valence-electron chi connectivity index (χ4n) is 3.87. The minimum absolute atomic E-state index is 0.0732. The van der Waals surface area contributed by atoms with Gasteiger partial charge in [-0.2, -0.15) is 0 Å². The van der Waals surface area contributed by atoms with Crippen LogP contribution >= 0.6 is 0 Å². The van der Waals surface area contributed by atoms with Gasteiger partial charge in [0.05, 0.1) is 19.3 Å². The lowest BCUT2D eigenvalue weighted by Crippen LogP contribution is -2.20. The van der Waals surface area contributed by atoms with E-state index in [0.717, 1.165) is 44.7 Å². The van der Waals surface area contributed by atoms with Gasteiger partial charge in [-0.1, -0.05) is 45.1 Å². The predicted octanol–water partition coefficient (Wildman–Crippen LogP) is 4.91. The molecule has 0 bridgehead atoms. The lowest BCUT2D eigenvalue weighted by Gasteiger charge is -2.27. The van der Waals surface area contributed by atoms with E-state index in [9.17, 15) is 15.3 Å². The molecule has 1 atom stereocenters. The Kier molecular flexibility index (Phi) is 8.47. The summed E-state index contributed by atoms with van der Waals surface area (Å²) >= 11 is 0. The molecule has 1 unspecified atom stereocenters. The van der Waals surface area contributed by atoms with Gasteiger partial charge in [0.25, 0.3) is 0 Å². The maximum absolute atomic E-state index is 9.73. The third-order valence-corrected chi connectivity index (χ3v) is 5.53. The molecule has 0 saturated carbocycles. The van der Waals surface area contributed by atoms with E-state index in [0.29, 0.717) is 0 Å². The fraction of sp³-hybridized carbons (Fsp3) is 0.481. The Morgan fingerprint density at radius 3 is 1.97 bits per heavy atom. The summed E-state index contributed by atoms with van der Waals surface area (Å²) in [4.78, 5) is 0. The summed E-state index contributed by atoms with van der Waals surface area (Å²) in [5, 5.41) is 28.9. The van der Waals surface area contributed by atoms with Crippen molar-refractivity contribution in [2.75, 3.05) is 19.8 Å². The molecule has 0 saturated heterocycles. The second-order valence-corrected chi connectivity index (χ2v) is 9.59. The molecular formula is C27H38O4. The van der Waals surface area contributed by atoms with Crippen molar-refractivity contribution in [2.45, 2.75) is 65.9 Å². The van der Waals surface area contributed by atoms with Gasteiger partial charge in [-0.25, -0.2) is 0 Å². The van der Waals surface area contributed by atoms with Crippen LogP contribution in [0.4, 0.5) is 0 Å². The van der Waals surface area contributed by atoms with E-state index < -0.39 is 6.10 Å². The molecule has 0 fully saturated rings. The molecule has 31 heavy (non-hydrogen) atoms. The minimum Gasteiger partial charge on any atom is -0.490 e. The average Bonchev–Trinajstić information content (AvgIpc) is 2.66. The number of aryl methyl sites for hydroxylation is 3. The van der Waals surface area contributed by atoms with Crippen LogP contribution in [0.25, 0.3) is 12.2 Å². The summed E-state index contributed by atoms with van der Waals surface area (Å²) in [6, 6.07) is 8.45. The summed E-state index contributed by atoms with van der Waals surface area (Å²) in [6.07, 6.45) is 3.71. The quantitative estimate of drug-likeness (QED) is 0.525. The third-order valence-electron chi connectivity index (χ3n) is 5.53. The molecule has 170 valence electrons. The Labute approximate surface area is 187 Å². The summed E-state index contributed by atoms with van der Waals surface area (Å²) in [7, 11) is 0. The number of ether oxygens (including phenoxy) is 1. The maximum Gasteiger partial charge on any atom is 0.125 e. The Morgan fingerprint density at radius 2 is 1.48 bits per heavy atom. The molecule has 4 heteroatoms. The molecule has 0 aliphatic heterocycles. The van der Waals surface area contributed by atoms with Gasteiger partial charge in [-0.3, -0.25) is 0 Å². The number of aliphatic hydroxyl groups excluding tert-OH is 3. The van der Waals surface area contributed by atoms with E-state index >= 15 is 0 Å². The molecule has 4 nitrogen and oxygen atoms in total. The highest BCUT2D eigenvalue weighted by Crippen LogP contribution is 2.34. The van der Waals surface area contributed by atoms with E-state index in [1.54, 1.807) is 6.92 Å². The van der Waals surface area contributed by atoms with Gasteiger partial charge >= 0.3 is 0 Å². The zero-order valence-corrected chi connectivity index (χ0v) is 20.0. The molecule has 0 radical (unpaired) electrons. The minimum atomic E-state index is -0.502. The molecule has 2 aromatic rings. The maximum atomic E-state index is 9.73. The summed E-state index contributed by atoms with van der Waals surface area (Å²) in [5.41, 5.74) is 7.43. The number of hydrogen-bond donors (Lipinski definition) is 3. The summed E-state index contributed by atoms with van der Waals surface area (Å²) < 4.78 is 5.76. The number of aliphatic hydroxyl groups is 3. The van der Waals surface area contributed by atoms with E-state index in [1.807, 2.05) is 13.8 Å². The van der Waals surface area contributed by atoms with E-state index in [-0.39, 0.29) is 31.2 Å². The van der Waals surface area contributed by atoms with Crippen LogP contribution in [0.2, 0.25) is 0 Å². The molecule has 2 aromatic carbocycles. The largest absolute Gasteiger partial charge is 0.490 e. The van der Waals surface area contributed by atoms with E-state index in [2.05, 4.69) is 64.1 Å². The van der Waals surface area contributed by atoms with Gasteiger partial charge in [-0.15, -0.1) is 0 Å². The molecular weight excluding hydrogens is 388 g/mol. The average molecular weight is 427 g/mol. The Morgan fingerprint density at radius 1 is 0.903 bits per heavy atom. The van der Waals surface area contributed by atoms with Crippen LogP contribution in [-0.4, -0.2) is 41.2 Å². The first kappa shape index (κ1) is 25.1. The van der Waals surface area contributed by atoms with Gasteiger partial charge in [-0.05, 0) is 84.2 Å². The van der Waals surface area contributed by atoms with Crippen molar-refractivity contribution in [3.05, 3.63) is 63.2 Å². The zero-order valence-electron chi connectivity index (χ0n) is 20.0. The van der Waals surface area contributed by atoms with Crippen molar-refractivity contribution in [1.82, 2.24) is 0 Å². The van der Waals surface area contributed by atoms with Crippen LogP contribution < -0.4 is 4.74 Å². The van der Waals surface area contributed by atoms with Crippen LogP contribution in [0.1, 0.15) is 72.6 Å². The Hall–Kier alpha value is -2.14. The van der Waals surface area contributed by atoms with Crippen LogP contribution in [0, 0.1) is 20.8 Å². The van der Waals surface area contributed by atoms with Gasteiger partial charge in [0.1, 0.15) is 12.4 Å². The number of benzene rings is 2. The highest BCUT2D eigenvalue weighted by atomic mass is 16.5. The first-order valence-corrected chi connectivity index (χ1v) is 10.9. The smallest absolute Gasteiger partial charge is 0.125 e. The van der Waals surface area contributed by atoms with Crippen LogP contribution in [0.15, 0.2) is 24.3 Å². The number of hydrogen-bond acceptors (Lipinski definition) is 4. The number of rotatable bonds is 8. The molecule has 0 spiro atoms. The summed E-state index contributed by atoms with van der Waals surface area (Å²) in [6.45, 7) is 14.4. The highest BCUT2D eigenvalue weighted by molar-refractivity contribution is 5.73. The van der Waals surface area contributed by atoms with Crippen molar-refractivity contribution in [2.24, 2.45) is 0 Å². The molecule has 3 N–H and O–H groups in total. The molecule has 0 heterocycles. The first-order valence-electron chi connectivity index (χ1n) is 10.9. The molecule has 0 aliphatic carbocycles. The van der Waals surface area contributed by atoms with Crippen molar-refractivity contribution >= 4 is 12.2 Å². The topological polar surface area (TPSA) is 69.9 Å². The lowest BCUT2D eigenvalue weighted by atomic mass is 9.78. The first-order chi connectivity index (χ1) is 14.5.